The Kier molecular flexibility index (Phi) is 9.11. The minimum Gasteiger partial charge on any atom is -0.437 e. The van der Waals surface area contributed by atoms with Gasteiger partial charge in [0.2, 0.25) is 5.91 Å². The molecule has 9 heteroatoms. The lowest BCUT2D eigenvalue weighted by molar-refractivity contribution is -0.133. The van der Waals surface area contributed by atoms with E-state index in [1.54, 1.807) is 25.2 Å². The molecule has 2 heterocycles. The first kappa shape index (κ1) is 30.3. The molecule has 1 saturated heterocycles. The maximum absolute atomic E-state index is 14.3. The lowest BCUT2D eigenvalue weighted by Gasteiger charge is -2.46. The van der Waals surface area contributed by atoms with Gasteiger partial charge in [0.05, 0.1) is 21.7 Å². The van der Waals surface area contributed by atoms with Crippen LogP contribution in [0.25, 0.3) is 0 Å². The second-order valence-corrected chi connectivity index (χ2v) is 12.1. The number of nitrogens with zero attached hydrogens (tertiary/aromatic N) is 3. The highest BCUT2D eigenvalue weighted by Gasteiger charge is 2.46. The van der Waals surface area contributed by atoms with E-state index < -0.39 is 17.6 Å². The van der Waals surface area contributed by atoms with Crippen molar-refractivity contribution in [3.63, 3.8) is 0 Å². The zero-order valence-electron chi connectivity index (χ0n) is 24.2. The summed E-state index contributed by atoms with van der Waals surface area (Å²) in [5, 5.41) is 0.868. The minimum atomic E-state index is -0.858. The summed E-state index contributed by atoms with van der Waals surface area (Å²) in [7, 11) is 1.64. The van der Waals surface area contributed by atoms with Gasteiger partial charge in [-0.25, -0.2) is 9.18 Å². The molecule has 5 rings (SSSR count). The van der Waals surface area contributed by atoms with Crippen LogP contribution in [0.2, 0.25) is 10.0 Å². The summed E-state index contributed by atoms with van der Waals surface area (Å²) in [6.07, 6.45) is 1.24. The number of likely N-dealkylation sites (tertiary alicyclic amines) is 1. The number of amides is 2. The summed E-state index contributed by atoms with van der Waals surface area (Å²) >= 11 is 12.6. The first-order valence-electron chi connectivity index (χ1n) is 14.4. The number of halogens is 3. The minimum absolute atomic E-state index is 0.0404. The SMILES string of the molecule is CCN(Cc1ccc(C)cc1)C(=O)C(CCN1CCC2(CC1)OC(=O)N(C)c1ccc(F)cc12)c1ccc(Cl)c(Cl)c1. The van der Waals surface area contributed by atoms with Crippen LogP contribution in [-0.2, 0) is 21.7 Å². The van der Waals surface area contributed by atoms with Crippen LogP contribution in [0.15, 0.2) is 60.7 Å². The van der Waals surface area contributed by atoms with Gasteiger partial charge in [0.15, 0.2) is 0 Å². The number of aryl methyl sites for hydroxylation is 1. The third-order valence-corrected chi connectivity index (χ3v) is 9.34. The van der Waals surface area contributed by atoms with Crippen LogP contribution >= 0.6 is 23.2 Å². The third kappa shape index (κ3) is 6.29. The number of ether oxygens (including phenoxy) is 1. The van der Waals surface area contributed by atoms with Crippen molar-refractivity contribution in [1.82, 2.24) is 9.80 Å². The fraction of sp³-hybridized carbons (Fsp3) is 0.394. The van der Waals surface area contributed by atoms with E-state index >= 15 is 0 Å². The van der Waals surface area contributed by atoms with Crippen molar-refractivity contribution in [3.05, 3.63) is 98.8 Å². The lowest BCUT2D eigenvalue weighted by atomic mass is 9.81. The molecule has 1 spiro atoms. The average Bonchev–Trinajstić information content (AvgIpc) is 2.98. The molecular weight excluding hydrogens is 576 g/mol. The number of carbonyl (C=O) groups excluding carboxylic acids is 2. The topological polar surface area (TPSA) is 53.1 Å². The molecule has 42 heavy (non-hydrogen) atoms. The van der Waals surface area contributed by atoms with Crippen LogP contribution in [0.1, 0.15) is 54.4 Å². The third-order valence-electron chi connectivity index (χ3n) is 8.60. The van der Waals surface area contributed by atoms with Crippen LogP contribution < -0.4 is 4.90 Å². The zero-order chi connectivity index (χ0) is 30.0. The van der Waals surface area contributed by atoms with E-state index in [0.717, 1.165) is 11.1 Å². The predicted molar refractivity (Wildman–Crippen MR) is 165 cm³/mol. The van der Waals surface area contributed by atoms with Gasteiger partial charge in [0.1, 0.15) is 11.4 Å². The Labute approximate surface area is 256 Å². The molecule has 3 aromatic rings. The molecule has 2 aliphatic heterocycles. The van der Waals surface area contributed by atoms with Gasteiger partial charge in [0.25, 0.3) is 0 Å². The second-order valence-electron chi connectivity index (χ2n) is 11.3. The molecule has 2 aliphatic rings. The van der Waals surface area contributed by atoms with E-state index in [4.69, 9.17) is 27.9 Å². The van der Waals surface area contributed by atoms with Gasteiger partial charge in [0, 0.05) is 51.6 Å². The van der Waals surface area contributed by atoms with Crippen LogP contribution in [0.5, 0.6) is 0 Å². The van der Waals surface area contributed by atoms with Crippen molar-refractivity contribution in [3.8, 4) is 0 Å². The Bertz CT molecular complexity index is 1460. The standard InChI is InChI=1S/C33H36Cl2FN3O3/c1-4-39(21-23-7-5-22(2)6-8-23)31(40)26(24-9-11-28(34)29(35)19-24)13-16-38-17-14-33(15-18-38)27-20-25(36)10-12-30(27)37(3)32(41)42-33/h5-12,19-20,26H,4,13-18,21H2,1-3H3. The van der Waals surface area contributed by atoms with E-state index in [0.29, 0.717) is 73.3 Å². The first-order valence-corrected chi connectivity index (χ1v) is 15.1. The van der Waals surface area contributed by atoms with E-state index in [1.807, 2.05) is 24.8 Å². The van der Waals surface area contributed by atoms with E-state index in [1.165, 1.54) is 22.6 Å². The number of benzene rings is 3. The molecule has 0 saturated carbocycles. The quantitative estimate of drug-likeness (QED) is 0.264. The average molecular weight is 613 g/mol. The smallest absolute Gasteiger partial charge is 0.414 e. The summed E-state index contributed by atoms with van der Waals surface area (Å²) in [6.45, 7) is 7.10. The Morgan fingerprint density at radius 3 is 2.43 bits per heavy atom. The highest BCUT2D eigenvalue weighted by molar-refractivity contribution is 6.42. The normalized spacial score (nSPS) is 17.1. The predicted octanol–water partition coefficient (Wildman–Crippen LogP) is 7.54. The van der Waals surface area contributed by atoms with Gasteiger partial charge in [-0.3, -0.25) is 9.69 Å². The summed E-state index contributed by atoms with van der Waals surface area (Å²) in [6, 6.07) is 18.1. The molecule has 0 radical (unpaired) electrons. The van der Waals surface area contributed by atoms with Crippen LogP contribution in [-0.4, -0.2) is 55.0 Å². The van der Waals surface area contributed by atoms with Gasteiger partial charge in [-0.1, -0.05) is 59.1 Å². The number of hydrogen-bond acceptors (Lipinski definition) is 4. The lowest BCUT2D eigenvalue weighted by Crippen LogP contribution is -2.51. The van der Waals surface area contributed by atoms with Gasteiger partial charge in [-0.2, -0.15) is 0 Å². The molecule has 1 unspecified atom stereocenters. The molecule has 6 nitrogen and oxygen atoms in total. The molecular formula is C33H36Cl2FN3O3. The van der Waals surface area contributed by atoms with Crippen molar-refractivity contribution < 1.29 is 18.7 Å². The van der Waals surface area contributed by atoms with Crippen molar-refractivity contribution in [2.45, 2.75) is 51.2 Å². The van der Waals surface area contributed by atoms with Gasteiger partial charge in [-0.15, -0.1) is 0 Å². The van der Waals surface area contributed by atoms with Crippen molar-refractivity contribution in [1.29, 1.82) is 0 Å². The molecule has 3 aromatic carbocycles. The molecule has 1 atom stereocenters. The fourth-order valence-electron chi connectivity index (χ4n) is 6.02. The molecule has 1 fully saturated rings. The Morgan fingerprint density at radius 1 is 1.05 bits per heavy atom. The van der Waals surface area contributed by atoms with Crippen LogP contribution in [0.3, 0.4) is 0 Å². The van der Waals surface area contributed by atoms with E-state index in [-0.39, 0.29) is 11.7 Å². The molecule has 0 aliphatic carbocycles. The van der Waals surface area contributed by atoms with Gasteiger partial charge < -0.3 is 14.5 Å². The van der Waals surface area contributed by atoms with Gasteiger partial charge in [-0.05, 0) is 68.3 Å². The number of piperidine rings is 1. The molecule has 0 bridgehead atoms. The van der Waals surface area contributed by atoms with Crippen LogP contribution in [0, 0.1) is 12.7 Å². The monoisotopic (exact) mass is 611 g/mol. The number of carbonyl (C=O) groups is 2. The number of rotatable bonds is 8. The number of likely N-dealkylation sites (N-methyl/N-ethyl adjacent to an activating group) is 1. The molecule has 0 aromatic heterocycles. The molecule has 2 amide bonds. The summed E-state index contributed by atoms with van der Waals surface area (Å²) in [5.41, 5.74) is 3.62. The Balaban J connectivity index is 1.32. The van der Waals surface area contributed by atoms with Crippen molar-refractivity contribution in [2.75, 3.05) is 38.1 Å². The maximum Gasteiger partial charge on any atom is 0.414 e. The van der Waals surface area contributed by atoms with Gasteiger partial charge >= 0.3 is 6.09 Å². The summed E-state index contributed by atoms with van der Waals surface area (Å²) < 4.78 is 20.2. The van der Waals surface area contributed by atoms with Crippen molar-refractivity contribution >= 4 is 40.9 Å². The fourth-order valence-corrected chi connectivity index (χ4v) is 6.32. The number of hydrogen-bond donors (Lipinski definition) is 0. The van der Waals surface area contributed by atoms with Crippen molar-refractivity contribution in [2.24, 2.45) is 0 Å². The Hall–Kier alpha value is -3.13. The molecule has 0 N–H and O–H groups in total. The maximum atomic E-state index is 14.3. The highest BCUT2D eigenvalue weighted by atomic mass is 35.5. The summed E-state index contributed by atoms with van der Waals surface area (Å²) in [5.74, 6) is -0.716. The first-order chi connectivity index (χ1) is 20.1. The zero-order valence-corrected chi connectivity index (χ0v) is 25.7. The highest BCUT2D eigenvalue weighted by Crippen LogP contribution is 2.45. The number of fused-ring (bicyclic) bond motifs is 2. The second kappa shape index (κ2) is 12.6. The number of anilines is 1. The van der Waals surface area contributed by atoms with E-state index in [9.17, 15) is 14.0 Å². The summed E-state index contributed by atoms with van der Waals surface area (Å²) in [4.78, 5) is 32.3. The van der Waals surface area contributed by atoms with E-state index in [2.05, 4.69) is 29.2 Å². The largest absolute Gasteiger partial charge is 0.437 e. The Morgan fingerprint density at radius 2 is 1.76 bits per heavy atom. The van der Waals surface area contributed by atoms with Crippen LogP contribution in [0.4, 0.5) is 14.9 Å². The molecule has 222 valence electrons.